The van der Waals surface area contributed by atoms with Crippen LogP contribution < -0.4 is 5.32 Å². The average molecular weight is 356 g/mol. The molecule has 1 N–H and O–H groups in total. The molecule has 0 radical (unpaired) electrons. The van der Waals surface area contributed by atoms with Crippen molar-refractivity contribution in [2.24, 2.45) is 7.05 Å². The van der Waals surface area contributed by atoms with Crippen LogP contribution in [0, 0.1) is 13.8 Å². The summed E-state index contributed by atoms with van der Waals surface area (Å²) < 4.78 is 7.38. The normalized spacial score (nSPS) is 20.3. The van der Waals surface area contributed by atoms with E-state index in [-0.39, 0.29) is 18.4 Å². The largest absolute Gasteiger partial charge is 0.356 e. The number of nitrogens with one attached hydrogen (secondary N) is 1. The van der Waals surface area contributed by atoms with E-state index in [0.717, 1.165) is 22.4 Å². The second-order valence-electron chi connectivity index (χ2n) is 6.69. The molecule has 1 aliphatic rings. The van der Waals surface area contributed by atoms with Gasteiger partial charge in [0.15, 0.2) is 6.10 Å². The summed E-state index contributed by atoms with van der Waals surface area (Å²) in [5.74, 6) is -0.374. The third-order valence-corrected chi connectivity index (χ3v) is 4.95. The van der Waals surface area contributed by atoms with Gasteiger partial charge in [-0.2, -0.15) is 5.10 Å². The molecule has 1 aromatic heterocycles. The lowest BCUT2D eigenvalue weighted by Gasteiger charge is -2.38. The second-order valence-corrected chi connectivity index (χ2v) is 6.69. The molecule has 1 aliphatic heterocycles. The number of aromatic nitrogens is 2. The van der Waals surface area contributed by atoms with Crippen molar-refractivity contribution in [3.05, 3.63) is 52.8 Å². The monoisotopic (exact) mass is 356 g/mol. The van der Waals surface area contributed by atoms with Crippen LogP contribution in [0.25, 0.3) is 0 Å². The Balaban J connectivity index is 1.78. The summed E-state index contributed by atoms with van der Waals surface area (Å²) in [6, 6.07) is 7.35. The summed E-state index contributed by atoms with van der Waals surface area (Å²) in [6.07, 6.45) is 0.988. The van der Waals surface area contributed by atoms with Gasteiger partial charge in [-0.1, -0.05) is 29.8 Å². The number of morpholine rings is 1. The highest BCUT2D eigenvalue weighted by molar-refractivity contribution is 5.86. The van der Waals surface area contributed by atoms with Crippen LogP contribution in [0.2, 0.25) is 0 Å². The number of hydrogen-bond acceptors (Lipinski definition) is 4. The van der Waals surface area contributed by atoms with E-state index >= 15 is 0 Å². The van der Waals surface area contributed by atoms with Crippen LogP contribution in [-0.2, 0) is 27.9 Å². The second kappa shape index (κ2) is 7.29. The predicted octanol–water partition coefficient (Wildman–Crippen LogP) is 1.25. The van der Waals surface area contributed by atoms with Gasteiger partial charge in [-0.05, 0) is 19.4 Å². The van der Waals surface area contributed by atoms with Crippen LogP contribution in [-0.4, -0.2) is 46.3 Å². The summed E-state index contributed by atoms with van der Waals surface area (Å²) in [7, 11) is 3.57. The van der Waals surface area contributed by atoms with Gasteiger partial charge in [0.1, 0.15) is 6.61 Å². The van der Waals surface area contributed by atoms with E-state index in [2.05, 4.69) is 10.4 Å². The van der Waals surface area contributed by atoms with Gasteiger partial charge in [-0.3, -0.25) is 14.3 Å². The Hall–Kier alpha value is -2.67. The highest BCUT2D eigenvalue weighted by Crippen LogP contribution is 2.29. The number of amides is 2. The van der Waals surface area contributed by atoms with Crippen molar-refractivity contribution in [2.75, 3.05) is 13.7 Å². The van der Waals surface area contributed by atoms with Crippen molar-refractivity contribution in [3.63, 3.8) is 0 Å². The maximum Gasteiger partial charge on any atom is 0.251 e. The Morgan fingerprint density at radius 2 is 1.96 bits per heavy atom. The quantitative estimate of drug-likeness (QED) is 0.895. The van der Waals surface area contributed by atoms with Crippen molar-refractivity contribution >= 4 is 11.8 Å². The molecule has 1 aromatic carbocycles. The number of carbonyl (C=O) groups excluding carboxylic acids is 2. The van der Waals surface area contributed by atoms with Gasteiger partial charge in [0.25, 0.3) is 5.91 Å². The van der Waals surface area contributed by atoms with E-state index in [9.17, 15) is 9.59 Å². The zero-order chi connectivity index (χ0) is 18.8. The number of hydrogen-bond donors (Lipinski definition) is 1. The number of nitrogens with zero attached hydrogens (tertiary/aromatic N) is 3. The Morgan fingerprint density at radius 3 is 2.58 bits per heavy atom. The Kier molecular flexibility index (Phi) is 5.08. The molecule has 0 bridgehead atoms. The number of carbonyl (C=O) groups is 2. The van der Waals surface area contributed by atoms with Crippen LogP contribution in [0.5, 0.6) is 0 Å². The number of likely N-dealkylation sites (N-methyl/N-ethyl adjacent to an activating group) is 1. The minimum atomic E-state index is -0.752. The van der Waals surface area contributed by atoms with E-state index in [1.54, 1.807) is 22.8 Å². The molecule has 2 aromatic rings. The molecule has 138 valence electrons. The van der Waals surface area contributed by atoms with E-state index < -0.39 is 12.1 Å². The molecule has 1 fully saturated rings. The third-order valence-electron chi connectivity index (χ3n) is 4.95. The summed E-state index contributed by atoms with van der Waals surface area (Å²) in [6.45, 7) is 4.23. The van der Waals surface area contributed by atoms with E-state index in [0.29, 0.717) is 6.54 Å². The molecule has 0 unspecified atom stereocenters. The van der Waals surface area contributed by atoms with E-state index in [1.165, 1.54) is 0 Å². The van der Waals surface area contributed by atoms with Crippen LogP contribution in [0.3, 0.4) is 0 Å². The summed E-state index contributed by atoms with van der Waals surface area (Å²) >= 11 is 0. The molecule has 26 heavy (non-hydrogen) atoms. The smallest absolute Gasteiger partial charge is 0.251 e. The maximum absolute atomic E-state index is 12.8. The minimum absolute atomic E-state index is 0.0944. The molecule has 2 heterocycles. The van der Waals surface area contributed by atoms with Gasteiger partial charge < -0.3 is 15.0 Å². The Morgan fingerprint density at radius 1 is 1.27 bits per heavy atom. The van der Waals surface area contributed by atoms with Crippen molar-refractivity contribution in [3.8, 4) is 0 Å². The first-order valence-corrected chi connectivity index (χ1v) is 8.57. The van der Waals surface area contributed by atoms with Gasteiger partial charge in [0, 0.05) is 31.9 Å². The molecule has 2 atom stereocenters. The van der Waals surface area contributed by atoms with Crippen LogP contribution in [0.4, 0.5) is 0 Å². The fourth-order valence-corrected chi connectivity index (χ4v) is 3.09. The predicted molar refractivity (Wildman–Crippen MR) is 96.2 cm³/mol. The molecule has 0 saturated carbocycles. The lowest BCUT2D eigenvalue weighted by atomic mass is 9.96. The van der Waals surface area contributed by atoms with Crippen molar-refractivity contribution in [2.45, 2.75) is 32.5 Å². The SMILES string of the molecule is Cc1ccc([C@H]2[C@H](C(=O)NCc3cnn(C)c3C)OCC(=O)N2C)cc1. The Labute approximate surface area is 152 Å². The minimum Gasteiger partial charge on any atom is -0.356 e. The van der Waals surface area contributed by atoms with Gasteiger partial charge in [-0.25, -0.2) is 0 Å². The summed E-state index contributed by atoms with van der Waals surface area (Å²) in [5.41, 5.74) is 3.95. The van der Waals surface area contributed by atoms with Crippen molar-refractivity contribution in [1.82, 2.24) is 20.0 Å². The average Bonchev–Trinajstić information content (AvgIpc) is 2.94. The standard InChI is InChI=1S/C19H24N4O3/c1-12-5-7-14(8-6-12)17-18(26-11-16(24)22(17)3)19(25)20-9-15-10-21-23(4)13(15)2/h5-8,10,17-18H,9,11H2,1-4H3,(H,20,25)/t17-,18+/m0/s1. The Bertz CT molecular complexity index is 813. The lowest BCUT2D eigenvalue weighted by Crippen LogP contribution is -2.52. The van der Waals surface area contributed by atoms with Crippen LogP contribution >= 0.6 is 0 Å². The molecule has 7 nitrogen and oxygen atoms in total. The van der Waals surface area contributed by atoms with Crippen LogP contribution in [0.1, 0.15) is 28.4 Å². The molecule has 1 saturated heterocycles. The van der Waals surface area contributed by atoms with Gasteiger partial charge in [0.2, 0.25) is 5.91 Å². The number of aryl methyl sites for hydroxylation is 2. The zero-order valence-corrected chi connectivity index (χ0v) is 15.5. The van der Waals surface area contributed by atoms with Crippen molar-refractivity contribution in [1.29, 1.82) is 0 Å². The first-order valence-electron chi connectivity index (χ1n) is 8.57. The highest BCUT2D eigenvalue weighted by atomic mass is 16.5. The van der Waals surface area contributed by atoms with Crippen molar-refractivity contribution < 1.29 is 14.3 Å². The molecule has 0 spiro atoms. The fraction of sp³-hybridized carbons (Fsp3) is 0.421. The first-order chi connectivity index (χ1) is 12.4. The highest BCUT2D eigenvalue weighted by Gasteiger charge is 2.39. The number of ether oxygens (including phenoxy) is 1. The molecule has 2 amide bonds. The van der Waals surface area contributed by atoms with E-state index in [4.69, 9.17) is 4.74 Å². The molecule has 3 rings (SSSR count). The summed E-state index contributed by atoms with van der Waals surface area (Å²) in [5, 5.41) is 7.09. The number of rotatable bonds is 4. The van der Waals surface area contributed by atoms with E-state index in [1.807, 2.05) is 45.2 Å². The van der Waals surface area contributed by atoms with Gasteiger partial charge in [-0.15, -0.1) is 0 Å². The van der Waals surface area contributed by atoms with Gasteiger partial charge >= 0.3 is 0 Å². The van der Waals surface area contributed by atoms with Gasteiger partial charge in [0.05, 0.1) is 12.2 Å². The lowest BCUT2D eigenvalue weighted by molar-refractivity contribution is -0.162. The molecule has 0 aliphatic carbocycles. The number of benzene rings is 1. The first kappa shape index (κ1) is 18.1. The molecule has 7 heteroatoms. The van der Waals surface area contributed by atoms with Crippen LogP contribution in [0.15, 0.2) is 30.5 Å². The zero-order valence-electron chi connectivity index (χ0n) is 15.5. The third kappa shape index (κ3) is 3.48. The summed E-state index contributed by atoms with van der Waals surface area (Å²) in [4.78, 5) is 26.5. The maximum atomic E-state index is 12.8. The fourth-order valence-electron chi connectivity index (χ4n) is 3.09. The molecular weight excluding hydrogens is 332 g/mol. The topological polar surface area (TPSA) is 76.5 Å². The molecular formula is C19H24N4O3.